The molecule has 2 rings (SSSR count). The van der Waals surface area contributed by atoms with Crippen LogP contribution in [0.25, 0.3) is 0 Å². The van der Waals surface area contributed by atoms with Gasteiger partial charge in [0.1, 0.15) is 0 Å². The van der Waals surface area contributed by atoms with Gasteiger partial charge >= 0.3 is 5.69 Å². The zero-order valence-corrected chi connectivity index (χ0v) is 12.3. The Morgan fingerprint density at radius 2 is 1.90 bits per heavy atom. The molecule has 1 aromatic carbocycles. The molecule has 0 fully saturated rings. The van der Waals surface area contributed by atoms with Crippen molar-refractivity contribution in [1.29, 1.82) is 0 Å². The highest BCUT2D eigenvalue weighted by Crippen LogP contribution is 2.20. The SMILES string of the molecule is CCCn1ccn(CC(O)c2ccc(C)cc2C)c1=O. The highest BCUT2D eigenvalue weighted by molar-refractivity contribution is 5.31. The van der Waals surface area contributed by atoms with Crippen LogP contribution < -0.4 is 5.69 Å². The summed E-state index contributed by atoms with van der Waals surface area (Å²) in [7, 11) is 0. The predicted octanol–water partition coefficient (Wildman–Crippen LogP) is 2.41. The number of aliphatic hydroxyl groups is 1. The Bertz CT molecular complexity index is 640. The first-order valence-electron chi connectivity index (χ1n) is 7.03. The average Bonchev–Trinajstić information content (AvgIpc) is 2.72. The highest BCUT2D eigenvalue weighted by Gasteiger charge is 2.13. The van der Waals surface area contributed by atoms with Crippen molar-refractivity contribution in [3.63, 3.8) is 0 Å². The van der Waals surface area contributed by atoms with Crippen molar-refractivity contribution in [3.05, 3.63) is 57.8 Å². The molecule has 1 N–H and O–H groups in total. The lowest BCUT2D eigenvalue weighted by Crippen LogP contribution is -2.26. The highest BCUT2D eigenvalue weighted by atomic mass is 16.3. The summed E-state index contributed by atoms with van der Waals surface area (Å²) in [5.74, 6) is 0. The second-order valence-electron chi connectivity index (χ2n) is 5.30. The van der Waals surface area contributed by atoms with E-state index in [1.165, 1.54) is 5.56 Å². The zero-order valence-electron chi connectivity index (χ0n) is 12.3. The normalized spacial score (nSPS) is 12.6. The summed E-state index contributed by atoms with van der Waals surface area (Å²) in [6, 6.07) is 5.96. The fourth-order valence-corrected chi connectivity index (χ4v) is 2.49. The molecule has 1 heterocycles. The number of hydrogen-bond donors (Lipinski definition) is 1. The predicted molar refractivity (Wildman–Crippen MR) is 79.9 cm³/mol. The Morgan fingerprint density at radius 3 is 2.55 bits per heavy atom. The van der Waals surface area contributed by atoms with Crippen LogP contribution in [0.5, 0.6) is 0 Å². The van der Waals surface area contributed by atoms with E-state index in [1.54, 1.807) is 21.5 Å². The van der Waals surface area contributed by atoms with Crippen LogP contribution in [0.1, 0.15) is 36.1 Å². The molecule has 20 heavy (non-hydrogen) atoms. The summed E-state index contributed by atoms with van der Waals surface area (Å²) in [5.41, 5.74) is 3.05. The van der Waals surface area contributed by atoms with Crippen LogP contribution in [0.15, 0.2) is 35.4 Å². The van der Waals surface area contributed by atoms with Crippen molar-refractivity contribution in [2.75, 3.05) is 0 Å². The molecular weight excluding hydrogens is 252 g/mol. The van der Waals surface area contributed by atoms with Gasteiger partial charge in [-0.05, 0) is 31.4 Å². The average molecular weight is 274 g/mol. The summed E-state index contributed by atoms with van der Waals surface area (Å²) in [6.45, 7) is 7.05. The molecule has 2 aromatic rings. The van der Waals surface area contributed by atoms with Crippen LogP contribution in [-0.2, 0) is 13.1 Å². The first kappa shape index (κ1) is 14.6. The monoisotopic (exact) mass is 274 g/mol. The Hall–Kier alpha value is -1.81. The van der Waals surface area contributed by atoms with Crippen molar-refractivity contribution in [1.82, 2.24) is 9.13 Å². The number of aliphatic hydroxyl groups excluding tert-OH is 1. The maximum Gasteiger partial charge on any atom is 0.328 e. The van der Waals surface area contributed by atoms with Crippen molar-refractivity contribution >= 4 is 0 Å². The number of aryl methyl sites for hydroxylation is 3. The lowest BCUT2D eigenvalue weighted by atomic mass is 10.0. The minimum atomic E-state index is -0.661. The number of imidazole rings is 1. The first-order valence-corrected chi connectivity index (χ1v) is 7.03. The van der Waals surface area contributed by atoms with E-state index in [9.17, 15) is 9.90 Å². The number of hydrogen-bond acceptors (Lipinski definition) is 2. The largest absolute Gasteiger partial charge is 0.387 e. The minimum Gasteiger partial charge on any atom is -0.387 e. The van der Waals surface area contributed by atoms with Gasteiger partial charge in [-0.1, -0.05) is 30.7 Å². The fraction of sp³-hybridized carbons (Fsp3) is 0.438. The Kier molecular flexibility index (Phi) is 4.45. The molecule has 4 nitrogen and oxygen atoms in total. The summed E-state index contributed by atoms with van der Waals surface area (Å²) >= 11 is 0. The van der Waals surface area contributed by atoms with Crippen LogP contribution in [0.2, 0.25) is 0 Å². The molecule has 4 heteroatoms. The summed E-state index contributed by atoms with van der Waals surface area (Å²) in [4.78, 5) is 12.1. The van der Waals surface area contributed by atoms with Crippen LogP contribution in [0.4, 0.5) is 0 Å². The van der Waals surface area contributed by atoms with Gasteiger partial charge in [0.2, 0.25) is 0 Å². The molecule has 0 spiro atoms. The van der Waals surface area contributed by atoms with Crippen molar-refractivity contribution in [3.8, 4) is 0 Å². The smallest absolute Gasteiger partial charge is 0.328 e. The lowest BCUT2D eigenvalue weighted by Gasteiger charge is -2.14. The van der Waals surface area contributed by atoms with Crippen molar-refractivity contribution in [2.24, 2.45) is 0 Å². The molecule has 0 amide bonds. The maximum atomic E-state index is 12.1. The molecule has 1 aromatic heterocycles. The molecule has 108 valence electrons. The fourth-order valence-electron chi connectivity index (χ4n) is 2.49. The number of nitrogens with zero attached hydrogens (tertiary/aromatic N) is 2. The van der Waals surface area contributed by atoms with Crippen LogP contribution in [-0.4, -0.2) is 14.2 Å². The number of rotatable bonds is 5. The van der Waals surface area contributed by atoms with E-state index in [-0.39, 0.29) is 5.69 Å². The molecule has 0 saturated carbocycles. The second-order valence-corrected chi connectivity index (χ2v) is 5.30. The third kappa shape index (κ3) is 3.02. The summed E-state index contributed by atoms with van der Waals surface area (Å²) in [6.07, 6.45) is 3.78. The molecule has 0 aliphatic carbocycles. The number of aromatic nitrogens is 2. The molecule has 0 radical (unpaired) electrons. The first-order chi connectivity index (χ1) is 9.52. The van der Waals surface area contributed by atoms with E-state index < -0.39 is 6.10 Å². The second kappa shape index (κ2) is 6.09. The Morgan fingerprint density at radius 1 is 1.20 bits per heavy atom. The minimum absolute atomic E-state index is 0.0596. The van der Waals surface area contributed by atoms with Gasteiger partial charge in [0, 0.05) is 18.9 Å². The Balaban J connectivity index is 2.19. The van der Waals surface area contributed by atoms with E-state index in [2.05, 4.69) is 0 Å². The third-order valence-corrected chi connectivity index (χ3v) is 3.54. The molecule has 0 aliphatic heterocycles. The third-order valence-electron chi connectivity index (χ3n) is 3.54. The van der Waals surface area contributed by atoms with E-state index in [4.69, 9.17) is 0 Å². The molecule has 1 unspecified atom stereocenters. The van der Waals surface area contributed by atoms with Gasteiger partial charge < -0.3 is 5.11 Å². The summed E-state index contributed by atoms with van der Waals surface area (Å²) < 4.78 is 3.24. The molecule has 0 bridgehead atoms. The van der Waals surface area contributed by atoms with Crippen LogP contribution in [0.3, 0.4) is 0 Å². The van der Waals surface area contributed by atoms with Gasteiger partial charge in [-0.2, -0.15) is 0 Å². The van der Waals surface area contributed by atoms with Gasteiger partial charge in [-0.15, -0.1) is 0 Å². The van der Waals surface area contributed by atoms with Gasteiger partial charge in [0.05, 0.1) is 12.6 Å². The van der Waals surface area contributed by atoms with Gasteiger partial charge in [-0.3, -0.25) is 9.13 Å². The lowest BCUT2D eigenvalue weighted by molar-refractivity contribution is 0.154. The molecular formula is C16H22N2O2. The number of benzene rings is 1. The van der Waals surface area contributed by atoms with E-state index in [0.717, 1.165) is 17.5 Å². The van der Waals surface area contributed by atoms with Gasteiger partial charge in [0.15, 0.2) is 0 Å². The quantitative estimate of drug-likeness (QED) is 0.910. The van der Waals surface area contributed by atoms with E-state index >= 15 is 0 Å². The van der Waals surface area contributed by atoms with Crippen molar-refractivity contribution < 1.29 is 5.11 Å². The standard InChI is InChI=1S/C16H22N2O2/c1-4-7-17-8-9-18(16(17)20)11-15(19)14-6-5-12(2)10-13(14)3/h5-6,8-10,15,19H,4,7,11H2,1-3H3. The molecule has 1 atom stereocenters. The summed E-state index contributed by atoms with van der Waals surface area (Å²) in [5, 5.41) is 10.3. The van der Waals surface area contributed by atoms with Crippen LogP contribution in [0, 0.1) is 13.8 Å². The van der Waals surface area contributed by atoms with Gasteiger partial charge in [0.25, 0.3) is 0 Å². The maximum absolute atomic E-state index is 12.1. The van der Waals surface area contributed by atoms with E-state index in [0.29, 0.717) is 13.1 Å². The topological polar surface area (TPSA) is 47.2 Å². The van der Waals surface area contributed by atoms with Gasteiger partial charge in [-0.25, -0.2) is 4.79 Å². The van der Waals surface area contributed by atoms with Crippen LogP contribution >= 0.6 is 0 Å². The molecule has 0 saturated heterocycles. The molecule has 0 aliphatic rings. The van der Waals surface area contributed by atoms with E-state index in [1.807, 2.05) is 39.0 Å². The zero-order chi connectivity index (χ0) is 14.7. The Labute approximate surface area is 119 Å². The van der Waals surface area contributed by atoms with Crippen molar-refractivity contribution in [2.45, 2.75) is 46.4 Å².